The van der Waals surface area contributed by atoms with Gasteiger partial charge < -0.3 is 19.8 Å². The Bertz CT molecular complexity index is 1200. The van der Waals surface area contributed by atoms with Gasteiger partial charge in [-0.15, -0.1) is 0 Å². The van der Waals surface area contributed by atoms with Crippen LogP contribution in [0.15, 0.2) is 18.2 Å². The fourth-order valence-corrected chi connectivity index (χ4v) is 6.74. The molecule has 6 rings (SSSR count). The quantitative estimate of drug-likeness (QED) is 0.694. The van der Waals surface area contributed by atoms with Crippen LogP contribution in [0.1, 0.15) is 52.1 Å². The van der Waals surface area contributed by atoms with Gasteiger partial charge in [-0.25, -0.2) is 0 Å². The van der Waals surface area contributed by atoms with Gasteiger partial charge in [0, 0.05) is 68.7 Å². The predicted molar refractivity (Wildman–Crippen MR) is 137 cm³/mol. The number of rotatable bonds is 5. The van der Waals surface area contributed by atoms with Crippen molar-refractivity contribution < 1.29 is 14.7 Å². The standard InChI is InChI=1S/C28H37N5O3/c1-17-5-4-6-22(18(17)2)30-9-11-31(12-10-30)24(35)15-33-23-13-21-19(3)25(21)26(23)27(29-33)28(36)32-8-7-20(14-32)16-34/h4-6,19-21,25,34H,7-16H2,1-3H3/t19?,20-,21?,25?/m1/s1. The highest BCUT2D eigenvalue weighted by molar-refractivity contribution is 5.95. The first-order valence-electron chi connectivity index (χ1n) is 13.5. The van der Waals surface area contributed by atoms with Crippen molar-refractivity contribution in [2.75, 3.05) is 50.8 Å². The third kappa shape index (κ3) is 3.81. The van der Waals surface area contributed by atoms with E-state index in [0.717, 1.165) is 37.2 Å². The number of benzene rings is 1. The summed E-state index contributed by atoms with van der Waals surface area (Å²) in [5.74, 6) is 1.76. The number of aromatic nitrogens is 2. The van der Waals surface area contributed by atoms with Crippen LogP contribution in [-0.4, -0.2) is 82.4 Å². The summed E-state index contributed by atoms with van der Waals surface area (Å²) >= 11 is 0. The number of aliphatic hydroxyl groups is 1. The minimum atomic E-state index is -0.0321. The normalized spacial score (nSPS) is 26.8. The van der Waals surface area contributed by atoms with E-state index in [1.807, 2.05) is 14.5 Å². The van der Waals surface area contributed by atoms with E-state index in [1.165, 1.54) is 16.8 Å². The Morgan fingerprint density at radius 3 is 2.58 bits per heavy atom. The smallest absolute Gasteiger partial charge is 0.274 e. The minimum absolute atomic E-state index is 0.0321. The fourth-order valence-electron chi connectivity index (χ4n) is 6.74. The number of nitrogens with zero attached hydrogens (tertiary/aromatic N) is 5. The monoisotopic (exact) mass is 491 g/mol. The lowest BCUT2D eigenvalue weighted by Crippen LogP contribution is -2.50. The number of aryl methyl sites for hydroxylation is 1. The lowest BCUT2D eigenvalue weighted by Gasteiger charge is -2.37. The van der Waals surface area contributed by atoms with Crippen molar-refractivity contribution in [1.29, 1.82) is 0 Å². The Hall–Kier alpha value is -2.87. The van der Waals surface area contributed by atoms with E-state index < -0.39 is 0 Å². The Balaban J connectivity index is 1.16. The number of aliphatic hydroxyl groups excluding tert-OH is 1. The molecule has 4 aliphatic rings. The molecule has 3 heterocycles. The van der Waals surface area contributed by atoms with E-state index in [2.05, 4.69) is 43.9 Å². The van der Waals surface area contributed by atoms with Crippen LogP contribution in [0.25, 0.3) is 0 Å². The fraction of sp³-hybridized carbons (Fsp3) is 0.607. The van der Waals surface area contributed by atoms with Crippen LogP contribution in [0.3, 0.4) is 0 Å². The number of anilines is 1. The van der Waals surface area contributed by atoms with E-state index in [9.17, 15) is 14.7 Å². The zero-order chi connectivity index (χ0) is 25.1. The molecule has 3 unspecified atom stereocenters. The number of carbonyl (C=O) groups is 2. The summed E-state index contributed by atoms with van der Waals surface area (Å²) in [5.41, 5.74) is 6.58. The van der Waals surface area contributed by atoms with Gasteiger partial charge in [0.15, 0.2) is 5.69 Å². The second-order valence-electron chi connectivity index (χ2n) is 11.3. The van der Waals surface area contributed by atoms with Crippen LogP contribution in [0.2, 0.25) is 0 Å². The molecule has 4 atom stereocenters. The van der Waals surface area contributed by atoms with Gasteiger partial charge in [0.2, 0.25) is 5.91 Å². The molecule has 8 heteroatoms. The van der Waals surface area contributed by atoms with Gasteiger partial charge in [0.1, 0.15) is 6.54 Å². The summed E-state index contributed by atoms with van der Waals surface area (Å²) < 4.78 is 1.83. The zero-order valence-corrected chi connectivity index (χ0v) is 21.6. The first-order valence-corrected chi connectivity index (χ1v) is 13.5. The maximum atomic E-state index is 13.4. The second kappa shape index (κ2) is 8.91. The summed E-state index contributed by atoms with van der Waals surface area (Å²) in [6, 6.07) is 6.41. The summed E-state index contributed by atoms with van der Waals surface area (Å²) in [4.78, 5) is 32.9. The van der Waals surface area contributed by atoms with Crippen LogP contribution < -0.4 is 4.90 Å². The van der Waals surface area contributed by atoms with Crippen molar-refractivity contribution >= 4 is 17.5 Å². The number of fused-ring (bicyclic) bond motifs is 3. The number of hydrogen-bond donors (Lipinski definition) is 1. The second-order valence-corrected chi connectivity index (χ2v) is 11.3. The highest BCUT2D eigenvalue weighted by atomic mass is 16.3. The maximum Gasteiger partial charge on any atom is 0.274 e. The van der Waals surface area contributed by atoms with Gasteiger partial charge in [-0.3, -0.25) is 14.3 Å². The first-order chi connectivity index (χ1) is 17.4. The predicted octanol–water partition coefficient (Wildman–Crippen LogP) is 2.21. The van der Waals surface area contributed by atoms with Crippen LogP contribution in [0.4, 0.5) is 5.69 Å². The molecule has 0 bridgehead atoms. The lowest BCUT2D eigenvalue weighted by molar-refractivity contribution is -0.132. The summed E-state index contributed by atoms with van der Waals surface area (Å²) in [7, 11) is 0. The number of carbonyl (C=O) groups excluding carboxylic acids is 2. The van der Waals surface area contributed by atoms with Crippen LogP contribution >= 0.6 is 0 Å². The van der Waals surface area contributed by atoms with Crippen LogP contribution in [-0.2, 0) is 17.8 Å². The molecule has 1 aromatic carbocycles. The molecular formula is C28H37N5O3. The van der Waals surface area contributed by atoms with Crippen LogP contribution in [0.5, 0.6) is 0 Å². The van der Waals surface area contributed by atoms with E-state index in [1.54, 1.807) is 0 Å². The molecule has 1 N–H and O–H groups in total. The molecule has 1 saturated carbocycles. The van der Waals surface area contributed by atoms with Crippen molar-refractivity contribution in [3.8, 4) is 0 Å². The Kier molecular flexibility index (Phi) is 5.82. The molecule has 2 saturated heterocycles. The Labute approximate surface area is 212 Å². The van der Waals surface area contributed by atoms with E-state index in [0.29, 0.717) is 49.6 Å². The molecule has 0 radical (unpaired) electrons. The third-order valence-electron chi connectivity index (χ3n) is 9.29. The zero-order valence-electron chi connectivity index (χ0n) is 21.6. The van der Waals surface area contributed by atoms with Gasteiger partial charge >= 0.3 is 0 Å². The van der Waals surface area contributed by atoms with Gasteiger partial charge in [0.25, 0.3) is 5.91 Å². The molecule has 1 aromatic heterocycles. The molecule has 2 aliphatic heterocycles. The highest BCUT2D eigenvalue weighted by Gasteiger charge is 2.56. The van der Waals surface area contributed by atoms with E-state index in [4.69, 9.17) is 5.10 Å². The maximum absolute atomic E-state index is 13.4. The van der Waals surface area contributed by atoms with Gasteiger partial charge in [0.05, 0.1) is 0 Å². The molecular weight excluding hydrogens is 454 g/mol. The largest absolute Gasteiger partial charge is 0.396 e. The lowest BCUT2D eigenvalue weighted by atomic mass is 10.1. The number of piperazine rings is 1. The van der Waals surface area contributed by atoms with E-state index >= 15 is 0 Å². The number of likely N-dealkylation sites (tertiary alicyclic amines) is 1. The molecule has 2 amide bonds. The van der Waals surface area contributed by atoms with Gasteiger partial charge in [-0.2, -0.15) is 5.10 Å². The van der Waals surface area contributed by atoms with Crippen molar-refractivity contribution in [1.82, 2.24) is 19.6 Å². The summed E-state index contributed by atoms with van der Waals surface area (Å²) in [6.07, 6.45) is 1.74. The Morgan fingerprint density at radius 1 is 1.08 bits per heavy atom. The minimum Gasteiger partial charge on any atom is -0.396 e. The average molecular weight is 492 g/mol. The average Bonchev–Trinajstić information content (AvgIpc) is 3.32. The molecule has 0 spiro atoms. The van der Waals surface area contributed by atoms with Crippen molar-refractivity contribution in [3.63, 3.8) is 0 Å². The third-order valence-corrected chi connectivity index (χ3v) is 9.29. The molecule has 192 valence electrons. The van der Waals surface area contributed by atoms with Crippen molar-refractivity contribution in [2.45, 2.75) is 46.1 Å². The first kappa shape index (κ1) is 23.5. The highest BCUT2D eigenvalue weighted by Crippen LogP contribution is 2.62. The summed E-state index contributed by atoms with van der Waals surface area (Å²) in [6.45, 7) is 11.1. The molecule has 36 heavy (non-hydrogen) atoms. The SMILES string of the molecule is Cc1cccc(N2CCN(C(=O)Cn3nc(C(=O)N4CC[C@@H](CO)C4)c4c3CC3C(C)C43)CC2)c1C. The Morgan fingerprint density at radius 2 is 1.86 bits per heavy atom. The van der Waals surface area contributed by atoms with Gasteiger partial charge in [-0.1, -0.05) is 19.1 Å². The summed E-state index contributed by atoms with van der Waals surface area (Å²) in [5, 5.41) is 14.3. The number of hydrogen-bond acceptors (Lipinski definition) is 5. The van der Waals surface area contributed by atoms with Crippen molar-refractivity contribution in [3.05, 3.63) is 46.3 Å². The van der Waals surface area contributed by atoms with Crippen molar-refractivity contribution in [2.24, 2.45) is 17.8 Å². The molecule has 2 aliphatic carbocycles. The van der Waals surface area contributed by atoms with Crippen LogP contribution in [0, 0.1) is 31.6 Å². The van der Waals surface area contributed by atoms with E-state index in [-0.39, 0.29) is 30.9 Å². The molecule has 8 nitrogen and oxygen atoms in total. The number of amides is 2. The van der Waals surface area contributed by atoms with Gasteiger partial charge in [-0.05, 0) is 61.6 Å². The molecule has 2 aromatic rings. The molecule has 3 fully saturated rings. The topological polar surface area (TPSA) is 81.9 Å².